The average Bonchev–Trinajstić information content (AvgIpc) is 2.73. The molecule has 4 nitrogen and oxygen atoms in total. The fourth-order valence-corrected chi connectivity index (χ4v) is 3.83. The van der Waals surface area contributed by atoms with Gasteiger partial charge in [-0.1, -0.05) is 129 Å². The highest BCUT2D eigenvalue weighted by Gasteiger charge is 2.34. The van der Waals surface area contributed by atoms with Gasteiger partial charge in [0.1, 0.15) is 0 Å². The van der Waals surface area contributed by atoms with Crippen LogP contribution in [0.1, 0.15) is 149 Å². The number of rotatable bonds is 23. The van der Waals surface area contributed by atoms with Crippen LogP contribution in [0.3, 0.4) is 0 Å². The molecule has 0 rings (SSSR count). The van der Waals surface area contributed by atoms with Gasteiger partial charge in [-0.15, -0.1) is 0 Å². The van der Waals surface area contributed by atoms with Crippen LogP contribution in [-0.2, 0) is 9.53 Å². The number of hydrogen-bond acceptors (Lipinski definition) is 4. The SMILES string of the molecule is CCCCCCCCCCCCCCCCC(O)(O)C(=O)OCCCCCCCC. The minimum absolute atomic E-state index is 0.0698. The summed E-state index contributed by atoms with van der Waals surface area (Å²) in [5, 5.41) is 19.9. The minimum atomic E-state index is -2.32. The van der Waals surface area contributed by atoms with Gasteiger partial charge < -0.3 is 14.9 Å². The van der Waals surface area contributed by atoms with E-state index in [2.05, 4.69) is 13.8 Å². The zero-order valence-electron chi connectivity index (χ0n) is 20.3. The smallest absolute Gasteiger partial charge is 0.366 e. The number of unbranched alkanes of at least 4 members (excludes halogenated alkanes) is 18. The van der Waals surface area contributed by atoms with Gasteiger partial charge in [0.15, 0.2) is 0 Å². The molecular formula is C26H52O4. The second-order valence-corrected chi connectivity index (χ2v) is 9.07. The molecular weight excluding hydrogens is 376 g/mol. The predicted octanol–water partition coefficient (Wildman–Crippen LogP) is 7.44. The van der Waals surface area contributed by atoms with E-state index in [1.807, 2.05) is 0 Å². The van der Waals surface area contributed by atoms with Gasteiger partial charge in [0.2, 0.25) is 0 Å². The number of carbonyl (C=O) groups excluding carboxylic acids is 1. The van der Waals surface area contributed by atoms with E-state index in [4.69, 9.17) is 4.74 Å². The molecule has 2 N–H and O–H groups in total. The molecule has 30 heavy (non-hydrogen) atoms. The lowest BCUT2D eigenvalue weighted by Crippen LogP contribution is -2.40. The van der Waals surface area contributed by atoms with Crippen LogP contribution >= 0.6 is 0 Å². The van der Waals surface area contributed by atoms with Gasteiger partial charge in [-0.05, 0) is 12.8 Å². The molecule has 0 aromatic heterocycles. The lowest BCUT2D eigenvalue weighted by Gasteiger charge is -2.19. The predicted molar refractivity (Wildman–Crippen MR) is 126 cm³/mol. The summed E-state index contributed by atoms with van der Waals surface area (Å²) >= 11 is 0. The Balaban J connectivity index is 3.45. The Morgan fingerprint density at radius 3 is 1.30 bits per heavy atom. The highest BCUT2D eigenvalue weighted by Crippen LogP contribution is 2.17. The van der Waals surface area contributed by atoms with E-state index >= 15 is 0 Å². The van der Waals surface area contributed by atoms with Crippen molar-refractivity contribution in [3.05, 3.63) is 0 Å². The van der Waals surface area contributed by atoms with Crippen LogP contribution in [0, 0.1) is 0 Å². The first-order chi connectivity index (χ1) is 14.5. The van der Waals surface area contributed by atoms with Gasteiger partial charge in [0.25, 0.3) is 5.79 Å². The third kappa shape index (κ3) is 19.4. The zero-order valence-corrected chi connectivity index (χ0v) is 20.3. The summed E-state index contributed by atoms with van der Waals surface area (Å²) in [6, 6.07) is 0. The molecule has 0 heterocycles. The van der Waals surface area contributed by atoms with Crippen molar-refractivity contribution in [1.29, 1.82) is 0 Å². The second-order valence-electron chi connectivity index (χ2n) is 9.07. The van der Waals surface area contributed by atoms with Gasteiger partial charge in [-0.25, -0.2) is 4.79 Å². The molecule has 0 radical (unpaired) electrons. The highest BCUT2D eigenvalue weighted by atomic mass is 16.6. The highest BCUT2D eigenvalue weighted by molar-refractivity contribution is 5.77. The first-order valence-electron chi connectivity index (χ1n) is 13.2. The van der Waals surface area contributed by atoms with Crippen LogP contribution in [0.15, 0.2) is 0 Å². The summed E-state index contributed by atoms with van der Waals surface area (Å²) in [6.07, 6.45) is 24.2. The summed E-state index contributed by atoms with van der Waals surface area (Å²) in [6.45, 7) is 4.73. The molecule has 0 saturated carbocycles. The van der Waals surface area contributed by atoms with Crippen molar-refractivity contribution in [2.75, 3.05) is 6.61 Å². The zero-order chi connectivity index (χ0) is 22.3. The topological polar surface area (TPSA) is 66.8 Å². The average molecular weight is 429 g/mol. The summed E-state index contributed by atoms with van der Waals surface area (Å²) < 4.78 is 5.04. The van der Waals surface area contributed by atoms with Gasteiger partial charge in [0, 0.05) is 6.42 Å². The molecule has 0 bridgehead atoms. The van der Waals surface area contributed by atoms with Gasteiger partial charge in [-0.3, -0.25) is 0 Å². The number of aliphatic hydroxyl groups is 2. The van der Waals surface area contributed by atoms with E-state index in [9.17, 15) is 15.0 Å². The van der Waals surface area contributed by atoms with Crippen molar-refractivity contribution in [3.8, 4) is 0 Å². The van der Waals surface area contributed by atoms with Gasteiger partial charge >= 0.3 is 5.97 Å². The fraction of sp³-hybridized carbons (Fsp3) is 0.962. The Bertz CT molecular complexity index is 368. The molecule has 180 valence electrons. The van der Waals surface area contributed by atoms with E-state index in [1.54, 1.807) is 0 Å². The van der Waals surface area contributed by atoms with Crippen LogP contribution in [0.4, 0.5) is 0 Å². The molecule has 0 aromatic rings. The molecule has 0 aliphatic carbocycles. The maximum absolute atomic E-state index is 11.8. The first kappa shape index (κ1) is 29.4. The Hall–Kier alpha value is -0.610. The lowest BCUT2D eigenvalue weighted by atomic mass is 10.0. The molecule has 0 amide bonds. The molecule has 0 spiro atoms. The van der Waals surface area contributed by atoms with Crippen molar-refractivity contribution in [2.24, 2.45) is 0 Å². The summed E-state index contributed by atoms with van der Waals surface area (Å²) in [5.41, 5.74) is 0. The molecule has 0 unspecified atom stereocenters. The number of ether oxygens (including phenoxy) is 1. The molecule has 0 aromatic carbocycles. The van der Waals surface area contributed by atoms with Gasteiger partial charge in [-0.2, -0.15) is 0 Å². The van der Waals surface area contributed by atoms with Crippen molar-refractivity contribution >= 4 is 5.97 Å². The monoisotopic (exact) mass is 428 g/mol. The van der Waals surface area contributed by atoms with Gasteiger partial charge in [0.05, 0.1) is 6.61 Å². The van der Waals surface area contributed by atoms with E-state index in [0.717, 1.165) is 32.1 Å². The molecule has 0 aliphatic heterocycles. The molecule has 0 saturated heterocycles. The molecule has 0 fully saturated rings. The Morgan fingerprint density at radius 2 is 0.900 bits per heavy atom. The summed E-state index contributed by atoms with van der Waals surface area (Å²) in [4.78, 5) is 11.8. The Morgan fingerprint density at radius 1 is 0.567 bits per heavy atom. The van der Waals surface area contributed by atoms with Crippen molar-refractivity contribution in [3.63, 3.8) is 0 Å². The third-order valence-electron chi connectivity index (χ3n) is 5.94. The summed E-state index contributed by atoms with van der Waals surface area (Å²) in [7, 11) is 0. The van der Waals surface area contributed by atoms with Crippen molar-refractivity contribution < 1.29 is 19.7 Å². The van der Waals surface area contributed by atoms with Crippen LogP contribution in [0.25, 0.3) is 0 Å². The first-order valence-corrected chi connectivity index (χ1v) is 13.2. The normalized spacial score (nSPS) is 11.7. The molecule has 0 atom stereocenters. The third-order valence-corrected chi connectivity index (χ3v) is 5.94. The Kier molecular flexibility index (Phi) is 21.2. The van der Waals surface area contributed by atoms with E-state index < -0.39 is 11.8 Å². The van der Waals surface area contributed by atoms with Crippen LogP contribution in [0.5, 0.6) is 0 Å². The number of esters is 1. The minimum Gasteiger partial charge on any atom is -0.462 e. The van der Waals surface area contributed by atoms with Crippen LogP contribution in [-0.4, -0.2) is 28.6 Å². The Labute approximate surface area is 187 Å². The maximum Gasteiger partial charge on any atom is 0.366 e. The van der Waals surface area contributed by atoms with Crippen LogP contribution in [0.2, 0.25) is 0 Å². The quantitative estimate of drug-likeness (QED) is 0.101. The van der Waals surface area contributed by atoms with E-state index in [-0.39, 0.29) is 13.0 Å². The van der Waals surface area contributed by atoms with E-state index in [1.165, 1.54) is 89.9 Å². The standard InChI is InChI=1S/C26H52O4/c1-3-5-7-9-11-12-13-14-15-16-17-18-19-21-23-26(28,29)25(27)30-24-22-20-10-8-6-4-2/h28-29H,3-24H2,1-2H3. The fourth-order valence-electron chi connectivity index (χ4n) is 3.83. The largest absolute Gasteiger partial charge is 0.462 e. The van der Waals surface area contributed by atoms with Crippen LogP contribution < -0.4 is 0 Å². The van der Waals surface area contributed by atoms with Crippen molar-refractivity contribution in [2.45, 2.75) is 154 Å². The maximum atomic E-state index is 11.8. The molecule has 0 aliphatic rings. The second kappa shape index (κ2) is 21.6. The summed E-state index contributed by atoms with van der Waals surface area (Å²) in [5.74, 6) is -3.20. The number of hydrogen-bond donors (Lipinski definition) is 2. The van der Waals surface area contributed by atoms with Crippen molar-refractivity contribution in [1.82, 2.24) is 0 Å². The van der Waals surface area contributed by atoms with E-state index in [0.29, 0.717) is 6.42 Å². The lowest BCUT2D eigenvalue weighted by molar-refractivity contribution is -0.212. The number of carbonyl (C=O) groups is 1. The molecule has 4 heteroatoms.